The highest BCUT2D eigenvalue weighted by molar-refractivity contribution is 6.00. The Bertz CT molecular complexity index is 1190. The minimum Gasteiger partial charge on any atom is -0.384 e. The van der Waals surface area contributed by atoms with E-state index in [1.165, 1.54) is 43.2 Å². The average Bonchev–Trinajstić information content (AvgIpc) is 3.00. The second-order valence-electron chi connectivity index (χ2n) is 5.69. The zero-order chi connectivity index (χ0) is 19.2. The molecule has 0 radical (unpaired) electrons. The molecule has 0 amide bonds. The number of ketones is 1. The third-order valence-corrected chi connectivity index (χ3v) is 4.12. The number of hydrogen-bond acceptors (Lipinski definition) is 7. The molecule has 3 rings (SSSR count). The van der Waals surface area contributed by atoms with Crippen LogP contribution in [0.2, 0.25) is 0 Å². The summed E-state index contributed by atoms with van der Waals surface area (Å²) in [7, 11) is 2.59. The zero-order valence-corrected chi connectivity index (χ0v) is 13.9. The normalized spacial score (nSPS) is 11.0. The van der Waals surface area contributed by atoms with Crippen LogP contribution in [-0.4, -0.2) is 29.6 Å². The maximum atomic E-state index is 12.6. The Morgan fingerprint density at radius 2 is 1.96 bits per heavy atom. The summed E-state index contributed by atoms with van der Waals surface area (Å²) in [5, 5.41) is 15.6. The highest BCUT2D eigenvalue weighted by Crippen LogP contribution is 2.21. The number of nitrogens with two attached hydrogens (primary N) is 1. The van der Waals surface area contributed by atoms with E-state index in [2.05, 4.69) is 5.10 Å². The van der Waals surface area contributed by atoms with Crippen LogP contribution in [-0.2, 0) is 20.6 Å². The minimum absolute atomic E-state index is 0.149. The van der Waals surface area contributed by atoms with Crippen LogP contribution in [0, 0.1) is 10.1 Å². The number of benzene rings is 1. The predicted octanol–water partition coefficient (Wildman–Crippen LogP) is -0.193. The van der Waals surface area contributed by atoms with Gasteiger partial charge in [-0.25, -0.2) is 4.79 Å². The maximum absolute atomic E-state index is 12.6. The number of nitro benzene ring substituents is 1. The van der Waals surface area contributed by atoms with Gasteiger partial charge in [-0.3, -0.25) is 33.5 Å². The highest BCUT2D eigenvalue weighted by Gasteiger charge is 2.21. The molecule has 0 atom stereocenters. The molecule has 0 saturated carbocycles. The van der Waals surface area contributed by atoms with E-state index < -0.39 is 22.0 Å². The number of aromatic nitrogens is 4. The summed E-state index contributed by atoms with van der Waals surface area (Å²) >= 11 is 0. The van der Waals surface area contributed by atoms with Crippen molar-refractivity contribution in [1.82, 2.24) is 18.9 Å². The van der Waals surface area contributed by atoms with E-state index in [-0.39, 0.29) is 23.6 Å². The number of carbonyl (C=O) groups is 1. The molecule has 0 bridgehead atoms. The largest absolute Gasteiger partial charge is 0.384 e. The fourth-order valence-electron chi connectivity index (χ4n) is 2.64. The minimum atomic E-state index is -0.807. The van der Waals surface area contributed by atoms with Crippen LogP contribution in [0.5, 0.6) is 0 Å². The number of nitro groups is 1. The summed E-state index contributed by atoms with van der Waals surface area (Å²) in [6, 6.07) is 4.13. The summed E-state index contributed by atoms with van der Waals surface area (Å²) in [6.07, 6.45) is 1.45. The first-order chi connectivity index (χ1) is 12.2. The summed E-state index contributed by atoms with van der Waals surface area (Å²) in [5.74, 6) is -0.902. The van der Waals surface area contributed by atoms with Gasteiger partial charge in [0.25, 0.3) is 11.2 Å². The number of rotatable bonds is 4. The average molecular weight is 358 g/mol. The Labute approximate surface area is 145 Å². The molecule has 1 aromatic carbocycles. The van der Waals surface area contributed by atoms with Crippen molar-refractivity contribution in [3.05, 3.63) is 60.9 Å². The van der Waals surface area contributed by atoms with E-state index in [1.807, 2.05) is 0 Å². The lowest BCUT2D eigenvalue weighted by molar-refractivity contribution is -0.384. The fraction of sp³-hybridized carbons (Fsp3) is 0.200. The standard InChI is InChI=1S/C15H14N6O5/c1-18-13(16)12(14(23)19(2)15(18)24)11(22)7-20-10-5-9(21(25)26)4-3-8(10)6-17-20/h3-6H,7,16H2,1-2H3. The van der Waals surface area contributed by atoms with Gasteiger partial charge in [0.2, 0.25) is 0 Å². The van der Waals surface area contributed by atoms with Crippen LogP contribution < -0.4 is 17.0 Å². The molecule has 2 N–H and O–H groups in total. The second kappa shape index (κ2) is 5.95. The Morgan fingerprint density at radius 3 is 2.62 bits per heavy atom. The quantitative estimate of drug-likeness (QED) is 0.386. The van der Waals surface area contributed by atoms with Crippen molar-refractivity contribution in [1.29, 1.82) is 0 Å². The number of carbonyl (C=O) groups excluding carboxylic acids is 1. The molecule has 0 aliphatic heterocycles. The Kier molecular flexibility index (Phi) is 3.91. The van der Waals surface area contributed by atoms with Gasteiger partial charge in [-0.1, -0.05) is 0 Å². The summed E-state index contributed by atoms with van der Waals surface area (Å²) in [6.45, 7) is -0.359. The van der Waals surface area contributed by atoms with Crippen LogP contribution in [0.1, 0.15) is 10.4 Å². The Hall–Kier alpha value is -3.76. The molecule has 3 aromatic rings. The Morgan fingerprint density at radius 1 is 1.27 bits per heavy atom. The monoisotopic (exact) mass is 358 g/mol. The van der Waals surface area contributed by atoms with Gasteiger partial charge in [0.15, 0.2) is 5.78 Å². The van der Waals surface area contributed by atoms with E-state index in [0.717, 1.165) is 9.13 Å². The third-order valence-electron chi connectivity index (χ3n) is 4.12. The molecule has 0 saturated heterocycles. The zero-order valence-electron chi connectivity index (χ0n) is 13.9. The molecule has 0 aliphatic rings. The summed E-state index contributed by atoms with van der Waals surface area (Å²) in [5.41, 5.74) is 4.20. The van der Waals surface area contributed by atoms with Gasteiger partial charge in [-0.2, -0.15) is 5.10 Å². The highest BCUT2D eigenvalue weighted by atomic mass is 16.6. The van der Waals surface area contributed by atoms with E-state index >= 15 is 0 Å². The summed E-state index contributed by atoms with van der Waals surface area (Å²) < 4.78 is 3.03. The van der Waals surface area contributed by atoms with Crippen molar-refractivity contribution < 1.29 is 9.72 Å². The van der Waals surface area contributed by atoms with Gasteiger partial charge in [-0.05, 0) is 6.07 Å². The smallest absolute Gasteiger partial charge is 0.332 e. The van der Waals surface area contributed by atoms with E-state index in [9.17, 15) is 24.5 Å². The number of fused-ring (bicyclic) bond motifs is 1. The number of nitrogen functional groups attached to an aromatic ring is 1. The third kappa shape index (κ3) is 2.55. The number of non-ortho nitro benzene ring substituents is 1. The first kappa shape index (κ1) is 17.1. The molecule has 0 unspecified atom stereocenters. The topological polar surface area (TPSA) is 148 Å². The van der Waals surface area contributed by atoms with Crippen molar-refractivity contribution in [3.8, 4) is 0 Å². The van der Waals surface area contributed by atoms with Crippen molar-refractivity contribution in [3.63, 3.8) is 0 Å². The molecular weight excluding hydrogens is 344 g/mol. The van der Waals surface area contributed by atoms with E-state index in [0.29, 0.717) is 10.9 Å². The lowest BCUT2D eigenvalue weighted by Crippen LogP contribution is -2.42. The lowest BCUT2D eigenvalue weighted by Gasteiger charge is -2.11. The summed E-state index contributed by atoms with van der Waals surface area (Å²) in [4.78, 5) is 47.1. The van der Waals surface area contributed by atoms with Crippen LogP contribution in [0.3, 0.4) is 0 Å². The predicted molar refractivity (Wildman–Crippen MR) is 92.1 cm³/mol. The molecule has 26 heavy (non-hydrogen) atoms. The van der Waals surface area contributed by atoms with Crippen LogP contribution in [0.15, 0.2) is 34.0 Å². The van der Waals surface area contributed by atoms with Crippen LogP contribution in [0.4, 0.5) is 11.5 Å². The molecule has 11 nitrogen and oxygen atoms in total. The molecular formula is C15H14N6O5. The van der Waals surface area contributed by atoms with Crippen LogP contribution in [0.25, 0.3) is 10.9 Å². The van der Waals surface area contributed by atoms with Gasteiger partial charge >= 0.3 is 5.69 Å². The van der Waals surface area contributed by atoms with Crippen LogP contribution >= 0.6 is 0 Å². The molecule has 0 spiro atoms. The van der Waals surface area contributed by atoms with Crippen molar-refractivity contribution in [2.45, 2.75) is 6.54 Å². The molecule has 0 fully saturated rings. The molecule has 0 aliphatic carbocycles. The van der Waals surface area contributed by atoms with Crippen molar-refractivity contribution in [2.75, 3.05) is 5.73 Å². The maximum Gasteiger partial charge on any atom is 0.332 e. The number of Topliss-reactive ketones (excluding diaryl/α,β-unsaturated/α-hetero) is 1. The van der Waals surface area contributed by atoms with Gasteiger partial charge in [-0.15, -0.1) is 0 Å². The van der Waals surface area contributed by atoms with E-state index in [1.54, 1.807) is 0 Å². The molecule has 2 aromatic heterocycles. The van der Waals surface area contributed by atoms with Gasteiger partial charge < -0.3 is 5.73 Å². The first-order valence-corrected chi connectivity index (χ1v) is 7.41. The first-order valence-electron chi connectivity index (χ1n) is 7.41. The molecule has 11 heteroatoms. The molecule has 2 heterocycles. The second-order valence-corrected chi connectivity index (χ2v) is 5.69. The SMILES string of the molecule is Cn1c(N)c(C(=O)Cn2ncc3ccc([N+](=O)[O-])cc32)c(=O)n(C)c1=O. The number of hydrogen-bond donors (Lipinski definition) is 1. The lowest BCUT2D eigenvalue weighted by atomic mass is 10.2. The van der Waals surface area contributed by atoms with Gasteiger partial charge in [0.05, 0.1) is 16.6 Å². The Balaban J connectivity index is 2.08. The van der Waals surface area contributed by atoms with Gasteiger partial charge in [0, 0.05) is 31.6 Å². The van der Waals surface area contributed by atoms with Crippen molar-refractivity contribution in [2.24, 2.45) is 14.1 Å². The van der Waals surface area contributed by atoms with Gasteiger partial charge in [0.1, 0.15) is 17.9 Å². The fourth-order valence-corrected chi connectivity index (χ4v) is 2.64. The number of anilines is 1. The molecule has 134 valence electrons. The van der Waals surface area contributed by atoms with Crippen molar-refractivity contribution >= 4 is 28.2 Å². The van der Waals surface area contributed by atoms with E-state index in [4.69, 9.17) is 5.73 Å². The number of nitrogens with zero attached hydrogens (tertiary/aromatic N) is 5.